The van der Waals surface area contributed by atoms with Crippen LogP contribution in [0.4, 0.5) is 0 Å². The average molecular weight is 499 g/mol. The van der Waals surface area contributed by atoms with Crippen molar-refractivity contribution in [2.24, 2.45) is 0 Å². The van der Waals surface area contributed by atoms with Crippen LogP contribution in [0, 0.1) is 11.8 Å². The van der Waals surface area contributed by atoms with Gasteiger partial charge in [0.25, 0.3) is 5.56 Å². The molecule has 0 amide bonds. The van der Waals surface area contributed by atoms with Gasteiger partial charge in [0.2, 0.25) is 5.75 Å². The topological polar surface area (TPSA) is 90.5 Å². The van der Waals surface area contributed by atoms with Crippen LogP contribution in [0.25, 0.3) is 0 Å². The van der Waals surface area contributed by atoms with Gasteiger partial charge in [-0.2, -0.15) is 0 Å². The van der Waals surface area contributed by atoms with Crippen molar-refractivity contribution in [2.75, 3.05) is 26.7 Å². The van der Waals surface area contributed by atoms with Crippen LogP contribution in [0.15, 0.2) is 59.7 Å². The van der Waals surface area contributed by atoms with E-state index in [2.05, 4.69) is 68.4 Å². The zero-order valence-corrected chi connectivity index (χ0v) is 21.2. The van der Waals surface area contributed by atoms with Crippen molar-refractivity contribution in [1.29, 1.82) is 0 Å². The lowest BCUT2D eigenvalue weighted by atomic mass is 9.90. The molecule has 2 fully saturated rings. The first-order valence-electron chi connectivity index (χ1n) is 13.0. The Hall–Kier alpha value is -3.44. The van der Waals surface area contributed by atoms with Gasteiger partial charge in [-0.3, -0.25) is 9.69 Å². The van der Waals surface area contributed by atoms with Crippen molar-refractivity contribution in [3.05, 3.63) is 93.2 Å². The van der Waals surface area contributed by atoms with Gasteiger partial charge in [-0.1, -0.05) is 36.1 Å². The van der Waals surface area contributed by atoms with E-state index in [1.165, 1.54) is 24.7 Å². The number of aromatic nitrogens is 2. The van der Waals surface area contributed by atoms with E-state index in [0.717, 1.165) is 49.3 Å². The molecule has 2 heterocycles. The smallest absolute Gasteiger partial charge is 0.293 e. The molecule has 1 unspecified atom stereocenters. The van der Waals surface area contributed by atoms with E-state index in [1.807, 2.05) is 12.1 Å². The first-order valence-corrected chi connectivity index (χ1v) is 13.0. The summed E-state index contributed by atoms with van der Waals surface area (Å²) in [7, 11) is 1.77. The van der Waals surface area contributed by atoms with Gasteiger partial charge in [0.15, 0.2) is 0 Å². The quantitative estimate of drug-likeness (QED) is 0.372. The molecule has 37 heavy (non-hydrogen) atoms. The highest BCUT2D eigenvalue weighted by Crippen LogP contribution is 2.27. The summed E-state index contributed by atoms with van der Waals surface area (Å²) in [5.41, 5.74) is 4.30. The molecule has 5 rings (SSSR count). The van der Waals surface area contributed by atoms with E-state index >= 15 is 0 Å². The van der Waals surface area contributed by atoms with E-state index in [-0.39, 0.29) is 11.7 Å². The molecular weight excluding hydrogens is 464 g/mol. The van der Waals surface area contributed by atoms with Crippen LogP contribution in [0.5, 0.6) is 5.75 Å². The summed E-state index contributed by atoms with van der Waals surface area (Å²) in [5.74, 6) is 6.37. The Morgan fingerprint density at radius 3 is 2.43 bits per heavy atom. The predicted molar refractivity (Wildman–Crippen MR) is 144 cm³/mol. The first-order chi connectivity index (χ1) is 18.1. The van der Waals surface area contributed by atoms with Gasteiger partial charge in [0, 0.05) is 50.3 Å². The van der Waals surface area contributed by atoms with E-state index in [4.69, 9.17) is 4.74 Å². The lowest BCUT2D eigenvalue weighted by Crippen LogP contribution is -2.50. The van der Waals surface area contributed by atoms with Crippen molar-refractivity contribution >= 4 is 0 Å². The van der Waals surface area contributed by atoms with Crippen molar-refractivity contribution in [3.8, 4) is 17.6 Å². The molecule has 7 heteroatoms. The fourth-order valence-corrected chi connectivity index (χ4v) is 4.68. The number of benzene rings is 2. The molecule has 1 saturated heterocycles. The first kappa shape index (κ1) is 25.2. The van der Waals surface area contributed by atoms with Crippen LogP contribution in [-0.2, 0) is 17.7 Å². The largest absolute Gasteiger partial charge is 0.502 e. The monoisotopic (exact) mass is 498 g/mol. The molecule has 0 bridgehead atoms. The summed E-state index contributed by atoms with van der Waals surface area (Å²) in [5, 5.41) is 13.8. The Morgan fingerprint density at radius 1 is 1.11 bits per heavy atom. The summed E-state index contributed by atoms with van der Waals surface area (Å²) in [4.78, 5) is 20.8. The maximum absolute atomic E-state index is 11.8. The third kappa shape index (κ3) is 6.86. The molecule has 0 spiro atoms. The fraction of sp³-hybridized carbons (Fsp3) is 0.400. The summed E-state index contributed by atoms with van der Waals surface area (Å²) in [6.07, 6.45) is 5.60. The minimum Gasteiger partial charge on any atom is -0.502 e. The maximum atomic E-state index is 11.8. The van der Waals surface area contributed by atoms with Gasteiger partial charge < -0.3 is 20.1 Å². The highest BCUT2D eigenvalue weighted by atomic mass is 16.5. The highest BCUT2D eigenvalue weighted by Gasteiger charge is 2.26. The molecule has 2 aromatic carbocycles. The highest BCUT2D eigenvalue weighted by molar-refractivity contribution is 5.44. The predicted octanol–water partition coefficient (Wildman–Crippen LogP) is 3.17. The number of likely N-dealkylation sites (tertiary alicyclic amines) is 1. The number of methoxy groups -OCH3 is 1. The van der Waals surface area contributed by atoms with Crippen LogP contribution in [-0.4, -0.2) is 58.9 Å². The van der Waals surface area contributed by atoms with Gasteiger partial charge in [-0.05, 0) is 67.1 Å². The SMILES string of the molecule is COC1CN(Cc2ccc(C#Cc3ccc(C(CCNC4CC4)Cc4nc[nH]c(=O)c4O)cc3)cc2)C1. The van der Waals surface area contributed by atoms with Crippen LogP contribution >= 0.6 is 0 Å². The zero-order valence-electron chi connectivity index (χ0n) is 21.2. The number of hydrogen-bond donors (Lipinski definition) is 3. The van der Waals surface area contributed by atoms with Crippen LogP contribution in [0.1, 0.15) is 53.1 Å². The second-order valence-corrected chi connectivity index (χ2v) is 10.1. The Kier molecular flexibility index (Phi) is 8.00. The maximum Gasteiger partial charge on any atom is 0.293 e. The number of H-pyrrole nitrogens is 1. The third-order valence-corrected chi connectivity index (χ3v) is 7.20. The molecule has 1 saturated carbocycles. The molecule has 1 aliphatic heterocycles. The molecule has 3 N–H and O–H groups in total. The molecule has 0 radical (unpaired) electrons. The number of rotatable bonds is 10. The third-order valence-electron chi connectivity index (χ3n) is 7.20. The fourth-order valence-electron chi connectivity index (χ4n) is 4.68. The average Bonchev–Trinajstić information content (AvgIpc) is 3.72. The molecular formula is C30H34N4O3. The Labute approximate surface area is 217 Å². The lowest BCUT2D eigenvalue weighted by molar-refractivity contribution is -0.0333. The Morgan fingerprint density at radius 2 is 1.78 bits per heavy atom. The molecule has 7 nitrogen and oxygen atoms in total. The molecule has 192 valence electrons. The summed E-state index contributed by atoms with van der Waals surface area (Å²) in [6, 6.07) is 17.4. The second kappa shape index (κ2) is 11.7. The van der Waals surface area contributed by atoms with Crippen molar-refractivity contribution in [3.63, 3.8) is 0 Å². The van der Waals surface area contributed by atoms with Gasteiger partial charge in [0.05, 0.1) is 18.1 Å². The summed E-state index contributed by atoms with van der Waals surface area (Å²) in [6.45, 7) is 3.82. The summed E-state index contributed by atoms with van der Waals surface area (Å²) >= 11 is 0. The van der Waals surface area contributed by atoms with Crippen molar-refractivity contribution in [1.82, 2.24) is 20.2 Å². The van der Waals surface area contributed by atoms with E-state index in [9.17, 15) is 9.90 Å². The van der Waals surface area contributed by atoms with Gasteiger partial charge in [0.1, 0.15) is 0 Å². The zero-order chi connectivity index (χ0) is 25.6. The molecule has 1 atom stereocenters. The number of aromatic hydroxyl groups is 1. The molecule has 1 aromatic heterocycles. The standard InChI is InChI=1S/C30H34N4O3/c1-37-27-18-34(19-27)17-23-6-4-21(5-7-23)2-3-22-8-10-24(11-9-22)25(14-15-31-26-12-13-26)16-28-29(35)30(36)33-20-32-28/h4-11,20,25-27,31,35H,12-19H2,1H3,(H,32,33,36). The normalized spacial score (nSPS) is 16.6. The number of ether oxygens (including phenoxy) is 1. The molecule has 2 aliphatic rings. The lowest BCUT2D eigenvalue weighted by Gasteiger charge is -2.38. The van der Waals surface area contributed by atoms with E-state index < -0.39 is 5.56 Å². The van der Waals surface area contributed by atoms with E-state index in [0.29, 0.717) is 24.3 Å². The number of hydrogen-bond acceptors (Lipinski definition) is 6. The molecule has 1 aliphatic carbocycles. The van der Waals surface area contributed by atoms with Crippen LogP contribution < -0.4 is 10.9 Å². The minimum atomic E-state index is -0.501. The van der Waals surface area contributed by atoms with Crippen molar-refractivity contribution < 1.29 is 9.84 Å². The molecule has 3 aromatic rings. The van der Waals surface area contributed by atoms with Gasteiger partial charge in [-0.25, -0.2) is 4.98 Å². The van der Waals surface area contributed by atoms with E-state index in [1.54, 1.807) is 7.11 Å². The van der Waals surface area contributed by atoms with Crippen LogP contribution in [0.3, 0.4) is 0 Å². The second-order valence-electron chi connectivity index (χ2n) is 10.1. The van der Waals surface area contributed by atoms with Gasteiger partial charge >= 0.3 is 0 Å². The van der Waals surface area contributed by atoms with Crippen LogP contribution in [0.2, 0.25) is 0 Å². The summed E-state index contributed by atoms with van der Waals surface area (Å²) < 4.78 is 5.34. The number of nitrogens with zero attached hydrogens (tertiary/aromatic N) is 2. The van der Waals surface area contributed by atoms with Crippen molar-refractivity contribution in [2.45, 2.75) is 50.3 Å². The Balaban J connectivity index is 1.22. The Bertz CT molecular complexity index is 1300. The van der Waals surface area contributed by atoms with Gasteiger partial charge in [-0.15, -0.1) is 0 Å². The number of nitrogens with one attached hydrogen (secondary N) is 2. The number of aromatic amines is 1. The minimum absolute atomic E-state index is 0.131.